The average molecular weight is 558 g/mol. The molecule has 10 nitrogen and oxygen atoms in total. The number of methoxy groups -OCH3 is 5. The zero-order valence-electron chi connectivity index (χ0n) is 23.7. The van der Waals surface area contributed by atoms with Crippen LogP contribution in [0.5, 0.6) is 28.7 Å². The zero-order chi connectivity index (χ0) is 28.6. The Balaban J connectivity index is 1.36. The van der Waals surface area contributed by atoms with Gasteiger partial charge in [0.15, 0.2) is 23.0 Å². The van der Waals surface area contributed by atoms with Crippen LogP contribution in [0.3, 0.4) is 0 Å². The van der Waals surface area contributed by atoms with E-state index in [4.69, 9.17) is 28.4 Å². The Morgan fingerprint density at radius 2 is 1.55 bits per heavy atom. The molecule has 0 aromatic heterocycles. The van der Waals surface area contributed by atoms with Crippen LogP contribution in [0.25, 0.3) is 0 Å². The van der Waals surface area contributed by atoms with E-state index in [1.807, 2.05) is 0 Å². The van der Waals surface area contributed by atoms with Crippen molar-refractivity contribution in [2.75, 3.05) is 55.2 Å². The Morgan fingerprint density at radius 3 is 2.15 bits per heavy atom. The van der Waals surface area contributed by atoms with Crippen LogP contribution >= 0.6 is 0 Å². The third kappa shape index (κ3) is 4.93. The molecule has 0 spiro atoms. The van der Waals surface area contributed by atoms with Crippen molar-refractivity contribution in [3.63, 3.8) is 0 Å². The number of aliphatic hydroxyl groups excluding tert-OH is 2. The van der Waals surface area contributed by atoms with Crippen LogP contribution in [0.15, 0.2) is 24.3 Å². The minimum Gasteiger partial charge on any atom is -0.493 e. The molecule has 1 saturated heterocycles. The van der Waals surface area contributed by atoms with E-state index in [1.54, 1.807) is 14.2 Å². The van der Waals surface area contributed by atoms with Gasteiger partial charge in [-0.3, -0.25) is 4.90 Å². The first-order valence-electron chi connectivity index (χ1n) is 13.7. The molecule has 10 heteroatoms. The summed E-state index contributed by atoms with van der Waals surface area (Å²) in [6, 6.07) is 7.36. The van der Waals surface area contributed by atoms with Gasteiger partial charge in [0.1, 0.15) is 6.10 Å². The number of aliphatic hydroxyl groups is 2. The number of nitrogens with zero attached hydrogens (tertiary/aromatic N) is 1. The molecule has 6 atom stereocenters. The van der Waals surface area contributed by atoms with Crippen LogP contribution in [-0.4, -0.2) is 88.5 Å². The summed E-state index contributed by atoms with van der Waals surface area (Å²) in [6.45, 7) is 1.51. The highest BCUT2D eigenvalue weighted by Crippen LogP contribution is 2.50. The lowest BCUT2D eigenvalue weighted by Gasteiger charge is -2.53. The van der Waals surface area contributed by atoms with Crippen molar-refractivity contribution in [1.82, 2.24) is 4.90 Å². The predicted octanol–water partition coefficient (Wildman–Crippen LogP) is 2.86. The van der Waals surface area contributed by atoms with Gasteiger partial charge in [-0.2, -0.15) is 0 Å². The maximum atomic E-state index is 13.2. The number of piperidine rings is 1. The number of rotatable bonds is 8. The van der Waals surface area contributed by atoms with Gasteiger partial charge in [-0.05, 0) is 66.5 Å². The molecule has 2 N–H and O–H groups in total. The highest BCUT2D eigenvalue weighted by atomic mass is 16.6. The molecule has 5 rings (SSSR count). The first-order valence-corrected chi connectivity index (χ1v) is 13.7. The van der Waals surface area contributed by atoms with E-state index in [9.17, 15) is 15.0 Å². The van der Waals surface area contributed by atoms with E-state index in [-0.39, 0.29) is 30.0 Å². The summed E-state index contributed by atoms with van der Waals surface area (Å²) in [4.78, 5) is 15.7. The molecule has 2 aromatic carbocycles. The molecule has 0 amide bonds. The van der Waals surface area contributed by atoms with Crippen molar-refractivity contribution < 1.29 is 43.4 Å². The van der Waals surface area contributed by atoms with Crippen molar-refractivity contribution in [1.29, 1.82) is 0 Å². The second-order valence-electron chi connectivity index (χ2n) is 10.8. The predicted molar refractivity (Wildman–Crippen MR) is 146 cm³/mol. The second kappa shape index (κ2) is 11.7. The molecule has 0 bridgehead atoms. The quantitative estimate of drug-likeness (QED) is 0.470. The first kappa shape index (κ1) is 28.3. The lowest BCUT2D eigenvalue weighted by molar-refractivity contribution is -0.133. The van der Waals surface area contributed by atoms with Crippen LogP contribution < -0.4 is 23.7 Å². The van der Waals surface area contributed by atoms with Crippen molar-refractivity contribution in [2.45, 2.75) is 37.5 Å². The van der Waals surface area contributed by atoms with Gasteiger partial charge in [-0.25, -0.2) is 4.79 Å². The van der Waals surface area contributed by atoms with E-state index < -0.39 is 24.1 Å². The monoisotopic (exact) mass is 557 g/mol. The van der Waals surface area contributed by atoms with Crippen molar-refractivity contribution in [3.05, 3.63) is 41.0 Å². The summed E-state index contributed by atoms with van der Waals surface area (Å²) in [5.41, 5.74) is 2.68. The molecule has 2 fully saturated rings. The molecule has 218 valence electrons. The average Bonchev–Trinajstić information content (AvgIpc) is 2.98. The minimum absolute atomic E-state index is 0.0800. The number of ether oxygens (including phenoxy) is 6. The first-order chi connectivity index (χ1) is 19.4. The molecule has 2 aliphatic heterocycles. The van der Waals surface area contributed by atoms with Gasteiger partial charge in [0, 0.05) is 31.7 Å². The third-order valence-corrected chi connectivity index (χ3v) is 8.96. The van der Waals surface area contributed by atoms with Crippen LogP contribution in [0.1, 0.15) is 40.4 Å². The topological polar surface area (TPSA) is 116 Å². The molecule has 1 saturated carbocycles. The van der Waals surface area contributed by atoms with Crippen molar-refractivity contribution in [2.24, 2.45) is 17.8 Å². The number of esters is 1. The standard InChI is InChI=1S/C30H39NO9/c1-35-23-8-16-6-7-31-14-18-11-25(40-30(34)17-9-26(37-3)29(39-5)27(10-17)38-4)28(33)21(15-32)19(18)12-22(31)20(16)13-24(23)36-2/h8-10,13,18-19,21-22,25,28,32-33H,6-7,11-12,14-15H2,1-5H3. The van der Waals surface area contributed by atoms with Gasteiger partial charge >= 0.3 is 5.97 Å². The van der Waals surface area contributed by atoms with Crippen LogP contribution in [0, 0.1) is 17.8 Å². The Labute approximate surface area is 234 Å². The molecule has 2 aromatic rings. The molecular weight excluding hydrogens is 518 g/mol. The molecule has 0 radical (unpaired) electrons. The van der Waals surface area contributed by atoms with Gasteiger partial charge in [0.05, 0.1) is 47.2 Å². The zero-order valence-corrected chi connectivity index (χ0v) is 23.7. The summed E-state index contributed by atoms with van der Waals surface area (Å²) < 4.78 is 33.1. The molecule has 6 unspecified atom stereocenters. The lowest BCUT2D eigenvalue weighted by atomic mass is 9.63. The van der Waals surface area contributed by atoms with E-state index in [2.05, 4.69) is 17.0 Å². The Bertz CT molecular complexity index is 1210. The fraction of sp³-hybridized carbons (Fsp3) is 0.567. The summed E-state index contributed by atoms with van der Waals surface area (Å²) in [5.74, 6) is 1.71. The highest BCUT2D eigenvalue weighted by molar-refractivity contribution is 5.91. The lowest BCUT2D eigenvalue weighted by Crippen LogP contribution is -2.56. The van der Waals surface area contributed by atoms with Crippen molar-refractivity contribution in [3.8, 4) is 28.7 Å². The Hall–Kier alpha value is -3.21. The van der Waals surface area contributed by atoms with E-state index in [1.165, 1.54) is 44.6 Å². The summed E-state index contributed by atoms with van der Waals surface area (Å²) >= 11 is 0. The van der Waals surface area contributed by atoms with Crippen LogP contribution in [-0.2, 0) is 11.2 Å². The van der Waals surface area contributed by atoms with E-state index in [0.29, 0.717) is 29.4 Å². The van der Waals surface area contributed by atoms with E-state index >= 15 is 0 Å². The summed E-state index contributed by atoms with van der Waals surface area (Å²) in [7, 11) is 7.73. The Kier molecular flexibility index (Phi) is 8.30. The SMILES string of the molecule is COc1cc2c(cc1OC)C1CC3C(CC(OC(=O)c4cc(OC)c(OC)c(OC)c4)C(O)C3CO)CN1CC2. The molecule has 40 heavy (non-hydrogen) atoms. The van der Waals surface area contributed by atoms with Gasteiger partial charge in [0.2, 0.25) is 5.75 Å². The summed E-state index contributed by atoms with van der Waals surface area (Å²) in [6.07, 6.45) is 0.471. The number of carbonyl (C=O) groups excluding carboxylic acids is 1. The second-order valence-corrected chi connectivity index (χ2v) is 10.8. The maximum absolute atomic E-state index is 13.2. The number of hydrogen-bond acceptors (Lipinski definition) is 10. The number of fused-ring (bicyclic) bond motifs is 4. The molecule has 3 aliphatic rings. The van der Waals surface area contributed by atoms with Gasteiger partial charge in [0.25, 0.3) is 0 Å². The maximum Gasteiger partial charge on any atom is 0.338 e. The number of benzene rings is 2. The molecule has 1 aliphatic carbocycles. The van der Waals surface area contributed by atoms with Crippen molar-refractivity contribution >= 4 is 5.97 Å². The highest BCUT2D eigenvalue weighted by Gasteiger charge is 2.50. The smallest absolute Gasteiger partial charge is 0.338 e. The number of carbonyl (C=O) groups is 1. The normalized spacial score (nSPS) is 27.5. The third-order valence-electron chi connectivity index (χ3n) is 8.96. The van der Waals surface area contributed by atoms with Gasteiger partial charge < -0.3 is 38.6 Å². The molecule has 2 heterocycles. The van der Waals surface area contributed by atoms with Gasteiger partial charge in [-0.15, -0.1) is 0 Å². The largest absolute Gasteiger partial charge is 0.493 e. The Morgan fingerprint density at radius 1 is 0.900 bits per heavy atom. The molecular formula is C30H39NO9. The fourth-order valence-electron chi connectivity index (χ4n) is 6.97. The number of hydrogen-bond donors (Lipinski definition) is 2. The fourth-order valence-corrected chi connectivity index (χ4v) is 6.97. The minimum atomic E-state index is -0.989. The van der Waals surface area contributed by atoms with Crippen LogP contribution in [0.2, 0.25) is 0 Å². The summed E-state index contributed by atoms with van der Waals surface area (Å²) in [5, 5.41) is 21.7. The van der Waals surface area contributed by atoms with Crippen LogP contribution in [0.4, 0.5) is 0 Å². The van der Waals surface area contributed by atoms with E-state index in [0.717, 1.165) is 31.7 Å². The van der Waals surface area contributed by atoms with Gasteiger partial charge in [-0.1, -0.05) is 0 Å².